The molecule has 2 aromatic carbocycles. The van der Waals surface area contributed by atoms with Crippen LogP contribution in [0.4, 0.5) is 5.69 Å². The van der Waals surface area contributed by atoms with E-state index in [1.165, 1.54) is 16.7 Å². The van der Waals surface area contributed by atoms with Gasteiger partial charge in [-0.1, -0.05) is 38.1 Å². The van der Waals surface area contributed by atoms with Crippen molar-refractivity contribution in [2.45, 2.75) is 34.1 Å². The summed E-state index contributed by atoms with van der Waals surface area (Å²) in [6, 6.07) is 13.2. The van der Waals surface area contributed by atoms with E-state index in [0.29, 0.717) is 22.8 Å². The molecule has 0 fully saturated rings. The molecule has 0 atom stereocenters. The number of hydrogen-bond acceptors (Lipinski definition) is 4. The van der Waals surface area contributed by atoms with Crippen LogP contribution in [0.3, 0.4) is 0 Å². The number of rotatable bonds is 7. The molecule has 0 radical (unpaired) electrons. The number of carbonyl (C=O) groups excluding carboxylic acids is 2. The number of anilines is 1. The largest absolute Gasteiger partial charge is 0.494 e. The van der Waals surface area contributed by atoms with Crippen molar-refractivity contribution in [3.63, 3.8) is 0 Å². The van der Waals surface area contributed by atoms with Crippen molar-refractivity contribution in [3.05, 3.63) is 64.1 Å². The van der Waals surface area contributed by atoms with E-state index in [-0.39, 0.29) is 11.8 Å². The molecule has 0 aliphatic carbocycles. The molecule has 1 aliphatic heterocycles. The van der Waals surface area contributed by atoms with Crippen molar-refractivity contribution < 1.29 is 14.3 Å². The zero-order chi connectivity index (χ0) is 20.3. The molecule has 146 valence electrons. The number of imide groups is 1. The molecule has 0 N–H and O–H groups in total. The lowest BCUT2D eigenvalue weighted by Gasteiger charge is -2.18. The van der Waals surface area contributed by atoms with Gasteiger partial charge in [-0.15, -0.1) is 11.8 Å². The zero-order valence-electron chi connectivity index (χ0n) is 16.7. The summed E-state index contributed by atoms with van der Waals surface area (Å²) in [4.78, 5) is 28.3. The van der Waals surface area contributed by atoms with Crippen LogP contribution in [-0.4, -0.2) is 24.2 Å². The van der Waals surface area contributed by atoms with Gasteiger partial charge < -0.3 is 4.74 Å². The first-order valence-electron chi connectivity index (χ1n) is 9.54. The van der Waals surface area contributed by atoms with E-state index < -0.39 is 0 Å². The topological polar surface area (TPSA) is 46.6 Å². The molecule has 0 bridgehead atoms. The molecule has 2 aromatic rings. The van der Waals surface area contributed by atoms with Gasteiger partial charge in [0.1, 0.15) is 5.75 Å². The molecule has 1 heterocycles. The summed E-state index contributed by atoms with van der Waals surface area (Å²) >= 11 is 1.42. The first kappa shape index (κ1) is 20.2. The maximum Gasteiger partial charge on any atom is 0.272 e. The predicted molar refractivity (Wildman–Crippen MR) is 116 cm³/mol. The minimum absolute atomic E-state index is 0.244. The van der Waals surface area contributed by atoms with Gasteiger partial charge in [-0.05, 0) is 60.9 Å². The zero-order valence-corrected chi connectivity index (χ0v) is 17.6. The van der Waals surface area contributed by atoms with Crippen molar-refractivity contribution in [3.8, 4) is 5.75 Å². The molecule has 3 rings (SSSR count). The third kappa shape index (κ3) is 3.85. The van der Waals surface area contributed by atoms with E-state index in [0.717, 1.165) is 34.6 Å². The molecule has 0 spiro atoms. The van der Waals surface area contributed by atoms with E-state index in [9.17, 15) is 9.59 Å². The maximum absolute atomic E-state index is 13.3. The van der Waals surface area contributed by atoms with Crippen molar-refractivity contribution >= 4 is 34.8 Å². The van der Waals surface area contributed by atoms with E-state index >= 15 is 0 Å². The number of ether oxygens (including phenoxy) is 1. The normalized spacial score (nSPS) is 14.2. The molecule has 0 unspecified atom stereocenters. The molecule has 2 amide bonds. The van der Waals surface area contributed by atoms with Crippen LogP contribution >= 0.6 is 11.8 Å². The molecular formula is C23H25NO3S. The second kappa shape index (κ2) is 8.65. The number of thioether (sulfide) groups is 1. The lowest BCUT2D eigenvalue weighted by molar-refractivity contribution is -0.119. The summed E-state index contributed by atoms with van der Waals surface area (Å²) in [7, 11) is 0. The highest BCUT2D eigenvalue weighted by Gasteiger charge is 2.40. The highest BCUT2D eigenvalue weighted by Crippen LogP contribution is 2.39. The smallest absolute Gasteiger partial charge is 0.272 e. The van der Waals surface area contributed by atoms with Crippen LogP contribution in [0.2, 0.25) is 0 Å². The van der Waals surface area contributed by atoms with Gasteiger partial charge in [0.15, 0.2) is 0 Å². The van der Waals surface area contributed by atoms with Crippen LogP contribution in [-0.2, 0) is 9.59 Å². The molecule has 1 aliphatic rings. The summed E-state index contributed by atoms with van der Waals surface area (Å²) < 4.78 is 5.63. The number of aryl methyl sites for hydroxylation is 2. The third-order valence-electron chi connectivity index (χ3n) is 4.55. The van der Waals surface area contributed by atoms with Crippen LogP contribution < -0.4 is 9.64 Å². The van der Waals surface area contributed by atoms with Gasteiger partial charge in [-0.3, -0.25) is 9.59 Å². The first-order valence-corrected chi connectivity index (χ1v) is 10.5. The van der Waals surface area contributed by atoms with Crippen molar-refractivity contribution in [1.29, 1.82) is 0 Å². The second-order valence-electron chi connectivity index (χ2n) is 6.75. The number of amides is 2. The summed E-state index contributed by atoms with van der Waals surface area (Å²) in [5.41, 5.74) is 3.78. The van der Waals surface area contributed by atoms with Crippen molar-refractivity contribution in [1.82, 2.24) is 0 Å². The molecule has 0 saturated heterocycles. The second-order valence-corrected chi connectivity index (χ2v) is 8.02. The van der Waals surface area contributed by atoms with E-state index in [4.69, 9.17) is 4.74 Å². The Bertz CT molecular complexity index is 931. The number of nitrogens with zero attached hydrogens (tertiary/aromatic N) is 1. The van der Waals surface area contributed by atoms with Gasteiger partial charge >= 0.3 is 0 Å². The molecule has 4 nitrogen and oxygen atoms in total. The van der Waals surface area contributed by atoms with Gasteiger partial charge in [0.05, 0.1) is 22.8 Å². The van der Waals surface area contributed by atoms with E-state index in [1.54, 1.807) is 0 Å². The first-order chi connectivity index (χ1) is 13.5. The predicted octanol–water partition coefficient (Wildman–Crippen LogP) is 5.13. The van der Waals surface area contributed by atoms with Gasteiger partial charge in [0, 0.05) is 0 Å². The van der Waals surface area contributed by atoms with Gasteiger partial charge in [0.25, 0.3) is 11.8 Å². The fourth-order valence-electron chi connectivity index (χ4n) is 3.16. The molecule has 0 saturated carbocycles. The Morgan fingerprint density at radius 1 is 0.964 bits per heavy atom. The Labute approximate surface area is 170 Å². The van der Waals surface area contributed by atoms with E-state index in [1.807, 2.05) is 63.2 Å². The van der Waals surface area contributed by atoms with Gasteiger partial charge in [-0.2, -0.15) is 0 Å². The SMILES string of the molecule is CCCOc1ccc(C2=C(SCC)C(=O)N(c3cc(C)ccc3C)C2=O)cc1. The Morgan fingerprint density at radius 3 is 2.32 bits per heavy atom. The van der Waals surface area contributed by atoms with Gasteiger partial charge in [-0.25, -0.2) is 4.90 Å². The minimum Gasteiger partial charge on any atom is -0.494 e. The van der Waals surface area contributed by atoms with Crippen LogP contribution in [0, 0.1) is 13.8 Å². The fraction of sp³-hybridized carbons (Fsp3) is 0.304. The van der Waals surface area contributed by atoms with Crippen LogP contribution in [0.25, 0.3) is 5.57 Å². The average molecular weight is 396 g/mol. The lowest BCUT2D eigenvalue weighted by atomic mass is 10.1. The number of benzene rings is 2. The standard InChI is InChI=1S/C23H25NO3S/c1-5-13-27-18-11-9-17(10-12-18)20-21(28-6-2)23(26)24(22(20)25)19-14-15(3)7-8-16(19)4/h7-12,14H,5-6,13H2,1-4H3. The number of carbonyl (C=O) groups is 2. The highest BCUT2D eigenvalue weighted by atomic mass is 32.2. The summed E-state index contributed by atoms with van der Waals surface area (Å²) in [6.45, 7) is 8.56. The lowest BCUT2D eigenvalue weighted by Crippen LogP contribution is -2.32. The quantitative estimate of drug-likeness (QED) is 0.610. The van der Waals surface area contributed by atoms with Crippen LogP contribution in [0.5, 0.6) is 5.75 Å². The summed E-state index contributed by atoms with van der Waals surface area (Å²) in [5, 5.41) is 0. The monoisotopic (exact) mass is 395 g/mol. The fourth-order valence-corrected chi connectivity index (χ4v) is 4.01. The highest BCUT2D eigenvalue weighted by molar-refractivity contribution is 8.04. The average Bonchev–Trinajstić information content (AvgIpc) is 2.93. The molecule has 5 heteroatoms. The minimum atomic E-state index is -0.267. The maximum atomic E-state index is 13.3. The van der Waals surface area contributed by atoms with Crippen LogP contribution in [0.15, 0.2) is 47.4 Å². The van der Waals surface area contributed by atoms with Crippen molar-refractivity contribution in [2.75, 3.05) is 17.3 Å². The third-order valence-corrected chi connectivity index (χ3v) is 5.51. The Morgan fingerprint density at radius 2 is 1.68 bits per heavy atom. The summed E-state index contributed by atoms with van der Waals surface area (Å²) in [5.74, 6) is 0.971. The Kier molecular flexibility index (Phi) is 6.25. The van der Waals surface area contributed by atoms with Gasteiger partial charge in [0.2, 0.25) is 0 Å². The number of hydrogen-bond donors (Lipinski definition) is 0. The Hall–Kier alpha value is -2.53. The van der Waals surface area contributed by atoms with Crippen LogP contribution in [0.1, 0.15) is 37.0 Å². The molecule has 28 heavy (non-hydrogen) atoms. The van der Waals surface area contributed by atoms with E-state index in [2.05, 4.69) is 6.92 Å². The Balaban J connectivity index is 2.02. The summed E-state index contributed by atoms with van der Waals surface area (Å²) in [6.07, 6.45) is 0.933. The molecule has 0 aromatic heterocycles. The van der Waals surface area contributed by atoms with Crippen molar-refractivity contribution in [2.24, 2.45) is 0 Å². The molecular weight excluding hydrogens is 370 g/mol.